The van der Waals surface area contributed by atoms with Crippen molar-refractivity contribution in [1.29, 1.82) is 0 Å². The summed E-state index contributed by atoms with van der Waals surface area (Å²) >= 11 is 1.79. The molecular formula is C19H24N2O3S. The van der Waals surface area contributed by atoms with Crippen LogP contribution in [0, 0.1) is 0 Å². The van der Waals surface area contributed by atoms with Crippen LogP contribution in [0.4, 0.5) is 0 Å². The smallest absolute Gasteiger partial charge is 0.260 e. The van der Waals surface area contributed by atoms with E-state index in [1.54, 1.807) is 18.4 Å². The average molecular weight is 360 g/mol. The molecule has 0 saturated carbocycles. The topological polar surface area (TPSA) is 42.0 Å². The van der Waals surface area contributed by atoms with Gasteiger partial charge in [0, 0.05) is 37.1 Å². The first-order chi connectivity index (χ1) is 12.2. The predicted molar refractivity (Wildman–Crippen MR) is 99.4 cm³/mol. The maximum atomic E-state index is 12.4. The Hall–Kier alpha value is -2.05. The molecule has 1 amide bonds. The third-order valence-corrected chi connectivity index (χ3v) is 5.63. The summed E-state index contributed by atoms with van der Waals surface area (Å²) in [5.41, 5.74) is 0. The normalized spacial score (nSPS) is 16.5. The number of carbonyl (C=O) groups is 1. The lowest BCUT2D eigenvalue weighted by Gasteiger charge is -2.37. The van der Waals surface area contributed by atoms with Crippen LogP contribution in [0.3, 0.4) is 0 Å². The summed E-state index contributed by atoms with van der Waals surface area (Å²) in [4.78, 5) is 18.1. The third-order valence-electron chi connectivity index (χ3n) is 4.59. The molecule has 0 bridgehead atoms. The Morgan fingerprint density at radius 1 is 1.12 bits per heavy atom. The summed E-state index contributed by atoms with van der Waals surface area (Å²) in [7, 11) is 1.60. The first kappa shape index (κ1) is 17.8. The Bertz CT molecular complexity index is 682. The molecule has 134 valence electrons. The highest BCUT2D eigenvalue weighted by atomic mass is 32.1. The lowest BCUT2D eigenvalue weighted by molar-refractivity contribution is -0.135. The molecule has 1 aliphatic heterocycles. The Kier molecular flexibility index (Phi) is 5.94. The molecule has 6 heteroatoms. The van der Waals surface area contributed by atoms with Crippen LogP contribution in [0.15, 0.2) is 41.8 Å². The minimum Gasteiger partial charge on any atom is -0.493 e. The fourth-order valence-corrected chi connectivity index (χ4v) is 3.85. The van der Waals surface area contributed by atoms with Crippen molar-refractivity contribution in [2.75, 3.05) is 39.9 Å². The van der Waals surface area contributed by atoms with Gasteiger partial charge in [-0.25, -0.2) is 0 Å². The first-order valence-electron chi connectivity index (χ1n) is 8.50. The molecule has 1 aromatic heterocycles. The molecule has 1 fully saturated rings. The molecule has 1 unspecified atom stereocenters. The predicted octanol–water partition coefficient (Wildman–Crippen LogP) is 3.04. The van der Waals surface area contributed by atoms with Gasteiger partial charge in [-0.2, -0.15) is 0 Å². The fraction of sp³-hybridized carbons (Fsp3) is 0.421. The van der Waals surface area contributed by atoms with Gasteiger partial charge in [0.15, 0.2) is 18.1 Å². The third kappa shape index (κ3) is 4.32. The van der Waals surface area contributed by atoms with Gasteiger partial charge >= 0.3 is 0 Å². The largest absolute Gasteiger partial charge is 0.493 e. The zero-order chi connectivity index (χ0) is 17.6. The SMILES string of the molecule is COc1ccccc1OCC(=O)N1CCN(C(C)c2cccs2)CC1. The summed E-state index contributed by atoms with van der Waals surface area (Å²) in [6.45, 7) is 5.53. The van der Waals surface area contributed by atoms with Crippen LogP contribution in [0.1, 0.15) is 17.8 Å². The van der Waals surface area contributed by atoms with E-state index in [1.165, 1.54) is 4.88 Å². The molecule has 0 radical (unpaired) electrons. The molecule has 2 aromatic rings. The minimum atomic E-state index is 0.0225. The molecule has 1 aliphatic rings. The monoisotopic (exact) mass is 360 g/mol. The number of piperazine rings is 1. The zero-order valence-corrected chi connectivity index (χ0v) is 15.5. The van der Waals surface area contributed by atoms with Crippen LogP contribution in [0.25, 0.3) is 0 Å². The number of para-hydroxylation sites is 2. The molecule has 1 aromatic carbocycles. The van der Waals surface area contributed by atoms with Crippen LogP contribution >= 0.6 is 11.3 Å². The lowest BCUT2D eigenvalue weighted by Crippen LogP contribution is -2.50. The number of carbonyl (C=O) groups excluding carboxylic acids is 1. The van der Waals surface area contributed by atoms with Crippen LogP contribution in [0.2, 0.25) is 0 Å². The highest BCUT2D eigenvalue weighted by molar-refractivity contribution is 7.10. The number of rotatable bonds is 6. The van der Waals surface area contributed by atoms with Crippen molar-refractivity contribution in [1.82, 2.24) is 9.80 Å². The van der Waals surface area contributed by atoms with E-state index in [0.717, 1.165) is 26.2 Å². The average Bonchev–Trinajstić information content (AvgIpc) is 3.20. The van der Waals surface area contributed by atoms with Gasteiger partial charge in [-0.05, 0) is 30.5 Å². The van der Waals surface area contributed by atoms with Crippen LogP contribution in [-0.4, -0.2) is 55.6 Å². The van der Waals surface area contributed by atoms with Crippen molar-refractivity contribution in [2.24, 2.45) is 0 Å². The van der Waals surface area contributed by atoms with E-state index in [2.05, 4.69) is 29.3 Å². The summed E-state index contributed by atoms with van der Waals surface area (Å²) in [6.07, 6.45) is 0. The van der Waals surface area contributed by atoms with Crippen LogP contribution in [-0.2, 0) is 4.79 Å². The highest BCUT2D eigenvalue weighted by Gasteiger charge is 2.25. The summed E-state index contributed by atoms with van der Waals surface area (Å²) in [5, 5.41) is 2.11. The number of amides is 1. The number of thiophene rings is 1. The molecule has 3 rings (SSSR count). The summed E-state index contributed by atoms with van der Waals surface area (Å²) < 4.78 is 10.9. The number of nitrogens with zero attached hydrogens (tertiary/aromatic N) is 2. The van der Waals surface area contributed by atoms with Gasteiger partial charge in [0.25, 0.3) is 5.91 Å². The van der Waals surface area contributed by atoms with E-state index in [9.17, 15) is 4.79 Å². The summed E-state index contributed by atoms with van der Waals surface area (Å²) in [5.74, 6) is 1.27. The molecule has 5 nitrogen and oxygen atoms in total. The van der Waals surface area contributed by atoms with Crippen molar-refractivity contribution in [3.8, 4) is 11.5 Å². The van der Waals surface area contributed by atoms with E-state index in [4.69, 9.17) is 9.47 Å². The van der Waals surface area contributed by atoms with Gasteiger partial charge in [0.1, 0.15) is 0 Å². The second-order valence-corrected chi connectivity index (χ2v) is 7.03. The quantitative estimate of drug-likeness (QED) is 0.794. The number of hydrogen-bond donors (Lipinski definition) is 0. The number of benzene rings is 1. The molecule has 1 saturated heterocycles. The number of ether oxygens (including phenoxy) is 2. The van der Waals surface area contributed by atoms with Crippen LogP contribution < -0.4 is 9.47 Å². The zero-order valence-electron chi connectivity index (χ0n) is 14.7. The molecule has 0 N–H and O–H groups in total. The van der Waals surface area contributed by atoms with Gasteiger partial charge in [0.2, 0.25) is 0 Å². The van der Waals surface area contributed by atoms with E-state index >= 15 is 0 Å². The van der Waals surface area contributed by atoms with Crippen molar-refractivity contribution in [3.05, 3.63) is 46.7 Å². The Balaban J connectivity index is 1.48. The second-order valence-electron chi connectivity index (χ2n) is 6.05. The van der Waals surface area contributed by atoms with Crippen molar-refractivity contribution in [3.63, 3.8) is 0 Å². The highest BCUT2D eigenvalue weighted by Crippen LogP contribution is 2.27. The second kappa shape index (κ2) is 8.36. The molecule has 25 heavy (non-hydrogen) atoms. The number of methoxy groups -OCH3 is 1. The van der Waals surface area contributed by atoms with Gasteiger partial charge in [-0.3, -0.25) is 9.69 Å². The van der Waals surface area contributed by atoms with Crippen LogP contribution in [0.5, 0.6) is 11.5 Å². The minimum absolute atomic E-state index is 0.0225. The van der Waals surface area contributed by atoms with Crippen molar-refractivity contribution >= 4 is 17.2 Å². The molecule has 0 aliphatic carbocycles. The fourth-order valence-electron chi connectivity index (χ4n) is 3.04. The van der Waals surface area contributed by atoms with E-state index in [1.807, 2.05) is 29.2 Å². The van der Waals surface area contributed by atoms with E-state index in [-0.39, 0.29) is 12.5 Å². The van der Waals surface area contributed by atoms with Gasteiger partial charge in [-0.15, -0.1) is 11.3 Å². The molecule has 1 atom stereocenters. The maximum Gasteiger partial charge on any atom is 0.260 e. The molecule has 0 spiro atoms. The Morgan fingerprint density at radius 2 is 1.84 bits per heavy atom. The summed E-state index contributed by atoms with van der Waals surface area (Å²) in [6, 6.07) is 12.0. The Morgan fingerprint density at radius 3 is 2.48 bits per heavy atom. The van der Waals surface area contributed by atoms with Gasteiger partial charge < -0.3 is 14.4 Å². The van der Waals surface area contributed by atoms with Crippen molar-refractivity contribution in [2.45, 2.75) is 13.0 Å². The first-order valence-corrected chi connectivity index (χ1v) is 9.38. The van der Waals surface area contributed by atoms with E-state index in [0.29, 0.717) is 17.5 Å². The molecular weight excluding hydrogens is 336 g/mol. The standard InChI is InChI=1S/C19H24N2O3S/c1-15(18-8-5-13-25-18)20-9-11-21(12-10-20)19(22)14-24-17-7-4-3-6-16(17)23-2/h3-8,13,15H,9-12,14H2,1-2H3. The lowest BCUT2D eigenvalue weighted by atomic mass is 10.2. The number of hydrogen-bond acceptors (Lipinski definition) is 5. The van der Waals surface area contributed by atoms with Crippen molar-refractivity contribution < 1.29 is 14.3 Å². The van der Waals surface area contributed by atoms with Gasteiger partial charge in [0.05, 0.1) is 7.11 Å². The Labute approximate surface area is 152 Å². The van der Waals surface area contributed by atoms with E-state index < -0.39 is 0 Å². The maximum absolute atomic E-state index is 12.4. The molecule has 2 heterocycles. The van der Waals surface area contributed by atoms with Gasteiger partial charge in [-0.1, -0.05) is 18.2 Å².